The fourth-order valence-corrected chi connectivity index (χ4v) is 1.47. The van der Waals surface area contributed by atoms with E-state index in [4.69, 9.17) is 21.6 Å². The zero-order valence-electron chi connectivity index (χ0n) is 8.65. The van der Waals surface area contributed by atoms with Crippen LogP contribution in [0.5, 0.6) is 11.5 Å². The van der Waals surface area contributed by atoms with Gasteiger partial charge in [-0.15, -0.1) is 0 Å². The van der Waals surface area contributed by atoms with Crippen molar-refractivity contribution in [1.82, 2.24) is 0 Å². The minimum absolute atomic E-state index is 0.0390. The van der Waals surface area contributed by atoms with Gasteiger partial charge in [-0.2, -0.15) is 5.26 Å². The van der Waals surface area contributed by atoms with Crippen LogP contribution < -0.4 is 4.74 Å². The maximum absolute atomic E-state index is 13.5. The van der Waals surface area contributed by atoms with Crippen LogP contribution in [0.3, 0.4) is 0 Å². The van der Waals surface area contributed by atoms with Crippen LogP contribution in [0.15, 0.2) is 42.5 Å². The molecule has 0 aliphatic carbocycles. The van der Waals surface area contributed by atoms with Gasteiger partial charge in [-0.05, 0) is 30.3 Å². The van der Waals surface area contributed by atoms with Crippen molar-refractivity contribution in [2.24, 2.45) is 0 Å². The summed E-state index contributed by atoms with van der Waals surface area (Å²) < 4.78 is 18.9. The molecule has 0 amide bonds. The Morgan fingerprint density at radius 1 is 1.12 bits per heavy atom. The van der Waals surface area contributed by atoms with Crippen molar-refractivity contribution in [2.45, 2.75) is 0 Å². The molecule has 2 aromatic rings. The summed E-state index contributed by atoms with van der Waals surface area (Å²) in [7, 11) is 0. The number of hydrogen-bond donors (Lipinski definition) is 0. The number of nitriles is 1. The number of hydrogen-bond acceptors (Lipinski definition) is 2. The largest absolute Gasteiger partial charge is 0.453 e. The van der Waals surface area contributed by atoms with E-state index < -0.39 is 5.82 Å². The Bertz CT molecular complexity index is 592. The van der Waals surface area contributed by atoms with Gasteiger partial charge in [0.15, 0.2) is 11.6 Å². The van der Waals surface area contributed by atoms with Gasteiger partial charge in [0.1, 0.15) is 5.75 Å². The van der Waals surface area contributed by atoms with E-state index in [-0.39, 0.29) is 11.3 Å². The van der Waals surface area contributed by atoms with Crippen molar-refractivity contribution in [2.75, 3.05) is 0 Å². The lowest BCUT2D eigenvalue weighted by Crippen LogP contribution is -1.89. The van der Waals surface area contributed by atoms with E-state index in [0.29, 0.717) is 10.8 Å². The number of para-hydroxylation sites is 1. The molecule has 0 radical (unpaired) electrons. The molecule has 0 atom stereocenters. The first-order chi connectivity index (χ1) is 8.20. The van der Waals surface area contributed by atoms with Crippen LogP contribution in [0, 0.1) is 17.1 Å². The summed E-state index contributed by atoms with van der Waals surface area (Å²) in [6.45, 7) is 0. The molecule has 0 aliphatic rings. The summed E-state index contributed by atoms with van der Waals surface area (Å²) in [5, 5.41) is 9.01. The average Bonchev–Trinajstić information content (AvgIpc) is 2.34. The zero-order chi connectivity index (χ0) is 12.3. The van der Waals surface area contributed by atoms with Crippen molar-refractivity contribution in [1.29, 1.82) is 5.26 Å². The number of nitrogens with zero attached hydrogens (tertiary/aromatic N) is 1. The van der Waals surface area contributed by atoms with Gasteiger partial charge >= 0.3 is 0 Å². The molecule has 0 fully saturated rings. The molecule has 0 spiro atoms. The molecule has 17 heavy (non-hydrogen) atoms. The molecule has 0 saturated heterocycles. The van der Waals surface area contributed by atoms with Crippen molar-refractivity contribution >= 4 is 11.6 Å². The number of ether oxygens (including phenoxy) is 1. The SMILES string of the molecule is N#Cc1ccc(Oc2ccccc2Cl)c(F)c1. The van der Waals surface area contributed by atoms with Crippen molar-refractivity contribution in [3.63, 3.8) is 0 Å². The Kier molecular flexibility index (Phi) is 3.27. The fourth-order valence-electron chi connectivity index (χ4n) is 1.30. The Morgan fingerprint density at radius 2 is 1.88 bits per heavy atom. The molecule has 0 unspecified atom stereocenters. The lowest BCUT2D eigenvalue weighted by molar-refractivity contribution is 0.442. The van der Waals surface area contributed by atoms with E-state index in [0.717, 1.165) is 6.07 Å². The number of halogens is 2. The van der Waals surface area contributed by atoms with E-state index >= 15 is 0 Å². The molecule has 2 rings (SSSR count). The highest BCUT2D eigenvalue weighted by Crippen LogP contribution is 2.30. The van der Waals surface area contributed by atoms with Crippen LogP contribution in [0.2, 0.25) is 5.02 Å². The number of benzene rings is 2. The first-order valence-electron chi connectivity index (χ1n) is 4.83. The molecule has 84 valence electrons. The molecular formula is C13H7ClFNO. The lowest BCUT2D eigenvalue weighted by Gasteiger charge is -2.07. The highest BCUT2D eigenvalue weighted by Gasteiger charge is 2.07. The molecule has 0 N–H and O–H groups in total. The third-order valence-electron chi connectivity index (χ3n) is 2.12. The van der Waals surface area contributed by atoms with Gasteiger partial charge in [0.05, 0.1) is 16.7 Å². The van der Waals surface area contributed by atoms with Gasteiger partial charge in [0.2, 0.25) is 0 Å². The van der Waals surface area contributed by atoms with Crippen LogP contribution in [0.1, 0.15) is 5.56 Å². The molecule has 0 bridgehead atoms. The highest BCUT2D eigenvalue weighted by molar-refractivity contribution is 6.32. The molecular weight excluding hydrogens is 241 g/mol. The molecule has 2 aromatic carbocycles. The minimum atomic E-state index is -0.594. The fraction of sp³-hybridized carbons (Fsp3) is 0. The van der Waals surface area contributed by atoms with E-state index in [9.17, 15) is 4.39 Å². The van der Waals surface area contributed by atoms with Gasteiger partial charge < -0.3 is 4.74 Å². The van der Waals surface area contributed by atoms with Gasteiger partial charge in [0, 0.05) is 0 Å². The standard InChI is InChI=1S/C13H7ClFNO/c14-10-3-1-2-4-12(10)17-13-6-5-9(8-16)7-11(13)15/h1-7H. The highest BCUT2D eigenvalue weighted by atomic mass is 35.5. The monoisotopic (exact) mass is 247 g/mol. The normalized spacial score (nSPS) is 9.71. The summed E-state index contributed by atoms with van der Waals surface area (Å²) in [6.07, 6.45) is 0. The number of rotatable bonds is 2. The Morgan fingerprint density at radius 3 is 2.53 bits per heavy atom. The van der Waals surface area contributed by atoms with E-state index in [1.165, 1.54) is 12.1 Å². The maximum atomic E-state index is 13.5. The van der Waals surface area contributed by atoms with Gasteiger partial charge in [-0.1, -0.05) is 23.7 Å². The molecule has 0 aliphatic heterocycles. The predicted octanol–water partition coefficient (Wildman–Crippen LogP) is 4.14. The smallest absolute Gasteiger partial charge is 0.167 e. The van der Waals surface area contributed by atoms with Gasteiger partial charge in [-0.3, -0.25) is 0 Å². The Balaban J connectivity index is 2.32. The maximum Gasteiger partial charge on any atom is 0.167 e. The Hall–Kier alpha value is -2.05. The molecule has 0 saturated carbocycles. The van der Waals surface area contributed by atoms with Crippen LogP contribution in [0.4, 0.5) is 4.39 Å². The summed E-state index contributed by atoms with van der Waals surface area (Å²) in [5.41, 5.74) is 0.244. The summed E-state index contributed by atoms with van der Waals surface area (Å²) in [4.78, 5) is 0. The second kappa shape index (κ2) is 4.86. The molecule has 4 heteroatoms. The summed E-state index contributed by atoms with van der Waals surface area (Å²) >= 11 is 5.89. The van der Waals surface area contributed by atoms with Gasteiger partial charge in [0.25, 0.3) is 0 Å². The summed E-state index contributed by atoms with van der Waals surface area (Å²) in [6, 6.07) is 12.6. The van der Waals surface area contributed by atoms with E-state index in [1.54, 1.807) is 24.3 Å². The van der Waals surface area contributed by atoms with Crippen LogP contribution in [0.25, 0.3) is 0 Å². The molecule has 0 heterocycles. The van der Waals surface area contributed by atoms with Crippen LogP contribution in [-0.2, 0) is 0 Å². The zero-order valence-corrected chi connectivity index (χ0v) is 9.41. The van der Waals surface area contributed by atoms with Crippen LogP contribution in [-0.4, -0.2) is 0 Å². The van der Waals surface area contributed by atoms with Crippen molar-refractivity contribution in [3.8, 4) is 17.6 Å². The first-order valence-corrected chi connectivity index (χ1v) is 5.20. The third kappa shape index (κ3) is 2.55. The average molecular weight is 248 g/mol. The van der Waals surface area contributed by atoms with Crippen molar-refractivity contribution in [3.05, 3.63) is 58.9 Å². The quantitative estimate of drug-likeness (QED) is 0.799. The Labute approximate surface area is 103 Å². The van der Waals surface area contributed by atoms with E-state index in [2.05, 4.69) is 0 Å². The minimum Gasteiger partial charge on any atom is -0.453 e. The lowest BCUT2D eigenvalue weighted by atomic mass is 10.2. The van der Waals surface area contributed by atoms with E-state index in [1.807, 2.05) is 6.07 Å². The van der Waals surface area contributed by atoms with Crippen molar-refractivity contribution < 1.29 is 9.13 Å². The first kappa shape index (κ1) is 11.4. The predicted molar refractivity (Wildman–Crippen MR) is 62.6 cm³/mol. The second-order valence-electron chi connectivity index (χ2n) is 3.29. The molecule has 2 nitrogen and oxygen atoms in total. The summed E-state index contributed by atoms with van der Waals surface area (Å²) in [5.74, 6) is -0.182. The van der Waals surface area contributed by atoms with Crippen LogP contribution >= 0.6 is 11.6 Å². The third-order valence-corrected chi connectivity index (χ3v) is 2.43. The van der Waals surface area contributed by atoms with Gasteiger partial charge in [-0.25, -0.2) is 4.39 Å². The topological polar surface area (TPSA) is 33.0 Å². The second-order valence-corrected chi connectivity index (χ2v) is 3.70. The molecule has 0 aromatic heterocycles.